The lowest BCUT2D eigenvalue weighted by Gasteiger charge is -2.41. The molecule has 0 aliphatic carbocycles. The van der Waals surface area contributed by atoms with Gasteiger partial charge in [0, 0.05) is 13.1 Å². The van der Waals surface area contributed by atoms with Gasteiger partial charge in [0.15, 0.2) is 0 Å². The van der Waals surface area contributed by atoms with E-state index in [0.717, 1.165) is 11.8 Å². The summed E-state index contributed by atoms with van der Waals surface area (Å²) in [6.45, 7) is 1.64. The van der Waals surface area contributed by atoms with E-state index in [9.17, 15) is 13.2 Å². The number of hydrogen-bond acceptors (Lipinski definition) is 4. The lowest BCUT2D eigenvalue weighted by molar-refractivity contribution is -0.137. The summed E-state index contributed by atoms with van der Waals surface area (Å²) in [4.78, 5) is 2.08. The minimum atomic E-state index is -4.38. The minimum Gasteiger partial charge on any atom is -0.478 e. The second kappa shape index (κ2) is 7.14. The maximum Gasteiger partial charge on any atom is 0.416 e. The van der Waals surface area contributed by atoms with E-state index >= 15 is 0 Å². The van der Waals surface area contributed by atoms with Gasteiger partial charge in [-0.3, -0.25) is 4.90 Å². The number of ether oxygens (including phenoxy) is 3. The Hall–Kier alpha value is -2.09. The SMILES string of the molecule is FC(F)(F)c1cccc(C23CCN(COc4ccccc4)CC2OCO3)c1. The first-order valence-electron chi connectivity index (χ1n) is 8.81. The van der Waals surface area contributed by atoms with Crippen molar-refractivity contribution in [3.8, 4) is 5.75 Å². The smallest absolute Gasteiger partial charge is 0.416 e. The summed E-state index contributed by atoms with van der Waals surface area (Å²) < 4.78 is 56.7. The summed E-state index contributed by atoms with van der Waals surface area (Å²) in [6.07, 6.45) is -4.18. The van der Waals surface area contributed by atoms with E-state index in [-0.39, 0.29) is 12.9 Å². The molecule has 27 heavy (non-hydrogen) atoms. The van der Waals surface area contributed by atoms with Crippen molar-refractivity contribution in [2.45, 2.75) is 24.3 Å². The zero-order chi connectivity index (χ0) is 18.9. The summed E-state index contributed by atoms with van der Waals surface area (Å²) >= 11 is 0. The summed E-state index contributed by atoms with van der Waals surface area (Å²) in [7, 11) is 0. The van der Waals surface area contributed by atoms with Crippen molar-refractivity contribution in [1.82, 2.24) is 4.90 Å². The number of nitrogens with zero attached hydrogens (tertiary/aromatic N) is 1. The third-order valence-corrected chi connectivity index (χ3v) is 5.16. The molecular weight excluding hydrogens is 359 g/mol. The molecule has 4 rings (SSSR count). The Labute approximate surface area is 155 Å². The highest BCUT2D eigenvalue weighted by Gasteiger charge is 2.51. The minimum absolute atomic E-state index is 0.0777. The molecule has 2 fully saturated rings. The van der Waals surface area contributed by atoms with Crippen LogP contribution in [-0.4, -0.2) is 37.6 Å². The van der Waals surface area contributed by atoms with Gasteiger partial charge in [0.25, 0.3) is 0 Å². The molecule has 2 aromatic carbocycles. The summed E-state index contributed by atoms with van der Waals surface area (Å²) in [5.74, 6) is 0.774. The van der Waals surface area contributed by atoms with Crippen LogP contribution in [0.4, 0.5) is 13.2 Å². The third kappa shape index (κ3) is 3.67. The number of likely N-dealkylation sites (tertiary alicyclic amines) is 1. The Kier molecular flexibility index (Phi) is 4.84. The Morgan fingerprint density at radius 1 is 1.11 bits per heavy atom. The molecular formula is C20H20F3NO3. The lowest BCUT2D eigenvalue weighted by Crippen LogP contribution is -2.52. The molecule has 0 N–H and O–H groups in total. The monoisotopic (exact) mass is 379 g/mol. The van der Waals surface area contributed by atoms with E-state index < -0.39 is 17.3 Å². The predicted molar refractivity (Wildman–Crippen MR) is 92.1 cm³/mol. The molecule has 2 saturated heterocycles. The molecule has 0 radical (unpaired) electrons. The fourth-order valence-electron chi connectivity index (χ4n) is 3.70. The van der Waals surface area contributed by atoms with Crippen LogP contribution in [0.2, 0.25) is 0 Å². The first-order valence-corrected chi connectivity index (χ1v) is 8.81. The van der Waals surface area contributed by atoms with Crippen molar-refractivity contribution >= 4 is 0 Å². The van der Waals surface area contributed by atoms with Gasteiger partial charge in [0.2, 0.25) is 0 Å². The number of hydrogen-bond donors (Lipinski definition) is 0. The maximum atomic E-state index is 13.1. The normalized spacial score (nSPS) is 26.0. The summed E-state index contributed by atoms with van der Waals surface area (Å²) in [5.41, 5.74) is -0.994. The largest absolute Gasteiger partial charge is 0.478 e. The number of piperidine rings is 1. The van der Waals surface area contributed by atoms with Gasteiger partial charge in [0.1, 0.15) is 31.0 Å². The van der Waals surface area contributed by atoms with Gasteiger partial charge in [0.05, 0.1) is 5.56 Å². The second-order valence-electron chi connectivity index (χ2n) is 6.80. The molecule has 144 valence electrons. The molecule has 0 saturated carbocycles. The van der Waals surface area contributed by atoms with Crippen LogP contribution < -0.4 is 4.74 Å². The summed E-state index contributed by atoms with van der Waals surface area (Å²) in [6, 6.07) is 14.9. The fraction of sp³-hybridized carbons (Fsp3) is 0.400. The van der Waals surface area contributed by atoms with Gasteiger partial charge >= 0.3 is 6.18 Å². The van der Waals surface area contributed by atoms with Gasteiger partial charge in [-0.15, -0.1) is 0 Å². The van der Waals surface area contributed by atoms with Crippen LogP contribution in [0.5, 0.6) is 5.75 Å². The van der Waals surface area contributed by atoms with Crippen LogP contribution in [-0.2, 0) is 21.3 Å². The van der Waals surface area contributed by atoms with Gasteiger partial charge in [-0.05, 0) is 36.2 Å². The van der Waals surface area contributed by atoms with Crippen molar-refractivity contribution < 1.29 is 27.4 Å². The Balaban J connectivity index is 1.48. The Bertz CT molecular complexity index is 784. The third-order valence-electron chi connectivity index (χ3n) is 5.16. The van der Waals surface area contributed by atoms with E-state index in [1.807, 2.05) is 30.3 Å². The van der Waals surface area contributed by atoms with Crippen molar-refractivity contribution in [3.05, 3.63) is 65.7 Å². The van der Waals surface area contributed by atoms with Crippen LogP contribution in [0.3, 0.4) is 0 Å². The number of fused-ring (bicyclic) bond motifs is 1. The zero-order valence-electron chi connectivity index (χ0n) is 14.6. The molecule has 2 aromatic rings. The highest BCUT2D eigenvalue weighted by atomic mass is 19.4. The van der Waals surface area contributed by atoms with Gasteiger partial charge in [-0.25, -0.2) is 0 Å². The molecule has 0 amide bonds. The van der Waals surface area contributed by atoms with Crippen LogP contribution >= 0.6 is 0 Å². The molecule has 2 aliphatic rings. The Morgan fingerprint density at radius 2 is 1.93 bits per heavy atom. The molecule has 7 heteroatoms. The molecule has 2 atom stereocenters. The highest BCUT2D eigenvalue weighted by Crippen LogP contribution is 2.43. The van der Waals surface area contributed by atoms with Crippen LogP contribution in [0.25, 0.3) is 0 Å². The zero-order valence-corrected chi connectivity index (χ0v) is 14.6. The number of benzene rings is 2. The number of halogens is 3. The first kappa shape index (κ1) is 18.3. The lowest BCUT2D eigenvalue weighted by atomic mass is 9.81. The van der Waals surface area contributed by atoms with Crippen LogP contribution in [0.15, 0.2) is 54.6 Å². The molecule has 4 nitrogen and oxygen atoms in total. The molecule has 0 spiro atoms. The molecule has 0 aromatic heterocycles. The quantitative estimate of drug-likeness (QED) is 0.803. The van der Waals surface area contributed by atoms with E-state index in [2.05, 4.69) is 4.90 Å². The average molecular weight is 379 g/mol. The van der Waals surface area contributed by atoms with E-state index in [4.69, 9.17) is 14.2 Å². The second-order valence-corrected chi connectivity index (χ2v) is 6.80. The fourth-order valence-corrected chi connectivity index (χ4v) is 3.70. The average Bonchev–Trinajstić information content (AvgIpc) is 3.11. The standard InChI is InChI=1S/C20H20F3NO3/c21-20(22,23)16-6-4-5-15(11-16)19-9-10-24(12-18(19)26-14-27-19)13-25-17-7-2-1-3-8-17/h1-8,11,18H,9-10,12-14H2. The van der Waals surface area contributed by atoms with Gasteiger partial charge in [-0.1, -0.05) is 30.3 Å². The molecule has 2 unspecified atom stereocenters. The van der Waals surface area contributed by atoms with Gasteiger partial charge in [-0.2, -0.15) is 13.2 Å². The first-order chi connectivity index (χ1) is 13.0. The van der Waals surface area contributed by atoms with Crippen molar-refractivity contribution in [3.63, 3.8) is 0 Å². The summed E-state index contributed by atoms with van der Waals surface area (Å²) in [5, 5.41) is 0. The van der Waals surface area contributed by atoms with Crippen molar-refractivity contribution in [2.75, 3.05) is 26.6 Å². The van der Waals surface area contributed by atoms with Crippen molar-refractivity contribution in [2.24, 2.45) is 0 Å². The van der Waals surface area contributed by atoms with E-state index in [1.165, 1.54) is 12.1 Å². The molecule has 2 aliphatic heterocycles. The van der Waals surface area contributed by atoms with Crippen molar-refractivity contribution in [1.29, 1.82) is 0 Å². The van der Waals surface area contributed by atoms with Crippen LogP contribution in [0.1, 0.15) is 17.5 Å². The molecule has 0 bridgehead atoms. The number of alkyl halides is 3. The molecule has 2 heterocycles. The Morgan fingerprint density at radius 3 is 2.70 bits per heavy atom. The number of para-hydroxylation sites is 1. The van der Waals surface area contributed by atoms with Gasteiger partial charge < -0.3 is 14.2 Å². The van der Waals surface area contributed by atoms with Crippen LogP contribution in [0, 0.1) is 0 Å². The predicted octanol–water partition coefficient (Wildman–Crippen LogP) is 4.02. The van der Waals surface area contributed by atoms with E-state index in [1.54, 1.807) is 6.07 Å². The maximum absolute atomic E-state index is 13.1. The van der Waals surface area contributed by atoms with E-state index in [0.29, 0.717) is 31.8 Å². The topological polar surface area (TPSA) is 30.9 Å². The highest BCUT2D eigenvalue weighted by molar-refractivity contribution is 5.32. The number of rotatable bonds is 4.